The monoisotopic (exact) mass is 474 g/mol. The van der Waals surface area contributed by atoms with Gasteiger partial charge in [-0.2, -0.15) is 5.10 Å². The van der Waals surface area contributed by atoms with Gasteiger partial charge in [0.25, 0.3) is 0 Å². The summed E-state index contributed by atoms with van der Waals surface area (Å²) in [7, 11) is 0. The second-order valence-corrected chi connectivity index (χ2v) is 9.77. The van der Waals surface area contributed by atoms with Crippen LogP contribution in [0, 0.1) is 18.7 Å². The van der Waals surface area contributed by atoms with Gasteiger partial charge in [0.1, 0.15) is 23.8 Å². The number of hydrazine groups is 1. The number of nitrogens with zero attached hydrogens (tertiary/aromatic N) is 6. The van der Waals surface area contributed by atoms with Gasteiger partial charge in [-0.05, 0) is 68.5 Å². The Morgan fingerprint density at radius 2 is 1.97 bits per heavy atom. The van der Waals surface area contributed by atoms with E-state index in [0.29, 0.717) is 5.92 Å². The zero-order valence-electron chi connectivity index (χ0n) is 20.3. The Morgan fingerprint density at radius 3 is 2.74 bits per heavy atom. The maximum atomic E-state index is 13.5. The Kier molecular flexibility index (Phi) is 5.74. The molecule has 1 saturated carbocycles. The van der Waals surface area contributed by atoms with Gasteiger partial charge in [-0.3, -0.25) is 9.91 Å². The Bertz CT molecular complexity index is 1260. The van der Waals surface area contributed by atoms with Gasteiger partial charge in [0, 0.05) is 43.4 Å². The highest BCUT2D eigenvalue weighted by Gasteiger charge is 2.32. The molecule has 0 saturated heterocycles. The first-order valence-electron chi connectivity index (χ1n) is 12.5. The van der Waals surface area contributed by atoms with E-state index in [1.54, 1.807) is 18.5 Å². The van der Waals surface area contributed by atoms with Crippen molar-refractivity contribution in [2.24, 2.45) is 5.92 Å². The molecule has 1 aromatic carbocycles. The van der Waals surface area contributed by atoms with Gasteiger partial charge in [0.2, 0.25) is 0 Å². The highest BCUT2D eigenvalue weighted by Crippen LogP contribution is 2.36. The van der Waals surface area contributed by atoms with E-state index < -0.39 is 0 Å². The summed E-state index contributed by atoms with van der Waals surface area (Å²) in [6, 6.07) is 8.51. The number of hydrogen-bond acceptors (Lipinski definition) is 7. The van der Waals surface area contributed by atoms with Crippen LogP contribution in [0.4, 0.5) is 21.8 Å². The number of rotatable bonds is 8. The Morgan fingerprint density at radius 1 is 1.14 bits per heavy atom. The fraction of sp³-hybridized carbons (Fsp3) is 0.423. The van der Waals surface area contributed by atoms with Gasteiger partial charge in [-0.25, -0.2) is 24.5 Å². The van der Waals surface area contributed by atoms with Crippen molar-refractivity contribution in [3.63, 3.8) is 0 Å². The minimum absolute atomic E-state index is 0.246. The molecule has 2 N–H and O–H groups in total. The smallest absolute Gasteiger partial charge is 0.152 e. The van der Waals surface area contributed by atoms with Gasteiger partial charge in [0.05, 0.1) is 11.4 Å². The lowest BCUT2D eigenvalue weighted by Crippen LogP contribution is -2.37. The molecule has 0 spiro atoms. The molecule has 182 valence electrons. The van der Waals surface area contributed by atoms with E-state index in [0.717, 1.165) is 73.4 Å². The molecule has 6 rings (SSSR count). The van der Waals surface area contributed by atoms with Crippen molar-refractivity contribution in [1.82, 2.24) is 30.1 Å². The van der Waals surface area contributed by atoms with Crippen LogP contribution in [0.1, 0.15) is 31.7 Å². The van der Waals surface area contributed by atoms with Crippen LogP contribution >= 0.6 is 0 Å². The lowest BCUT2D eigenvalue weighted by Gasteiger charge is -2.24. The molecule has 2 aromatic heterocycles. The predicted octanol–water partition coefficient (Wildman–Crippen LogP) is 4.25. The van der Waals surface area contributed by atoms with Gasteiger partial charge in [0.15, 0.2) is 5.82 Å². The molecule has 2 aliphatic heterocycles. The number of anilines is 3. The van der Waals surface area contributed by atoms with Gasteiger partial charge in [-0.1, -0.05) is 6.92 Å². The maximum Gasteiger partial charge on any atom is 0.152 e. The SMILES string of the molecule is CCCN1CC2=C(C1)N(c1cc(Nc3c(C)c(-c4ccc(F)cc4)nn3CC3CC3)ncn1)NC2. The normalized spacial score (nSPS) is 18.0. The molecule has 9 heteroatoms. The zero-order chi connectivity index (χ0) is 23.9. The molecular formula is C26H31FN8. The van der Waals surface area contributed by atoms with Crippen LogP contribution in [-0.2, 0) is 6.54 Å². The summed E-state index contributed by atoms with van der Waals surface area (Å²) in [5, 5.41) is 10.5. The molecule has 1 aliphatic carbocycles. The first-order chi connectivity index (χ1) is 17.1. The summed E-state index contributed by atoms with van der Waals surface area (Å²) in [5.74, 6) is 2.88. The molecule has 0 bridgehead atoms. The van der Waals surface area contributed by atoms with Crippen molar-refractivity contribution in [2.45, 2.75) is 39.7 Å². The first-order valence-corrected chi connectivity index (χ1v) is 12.5. The lowest BCUT2D eigenvalue weighted by atomic mass is 10.1. The van der Waals surface area contributed by atoms with E-state index >= 15 is 0 Å². The fourth-order valence-corrected chi connectivity index (χ4v) is 5.02. The summed E-state index contributed by atoms with van der Waals surface area (Å²) < 4.78 is 15.5. The van der Waals surface area contributed by atoms with Crippen LogP contribution in [-0.4, -0.2) is 50.8 Å². The molecule has 3 aromatic rings. The van der Waals surface area contributed by atoms with Crippen LogP contribution in [0.5, 0.6) is 0 Å². The molecule has 0 atom stereocenters. The summed E-state index contributed by atoms with van der Waals surface area (Å²) in [5.41, 5.74) is 9.01. The van der Waals surface area contributed by atoms with E-state index in [2.05, 4.69) is 44.5 Å². The number of aromatic nitrogens is 4. The third-order valence-electron chi connectivity index (χ3n) is 7.02. The van der Waals surface area contributed by atoms with E-state index in [-0.39, 0.29) is 5.82 Å². The zero-order valence-corrected chi connectivity index (χ0v) is 20.3. The molecule has 3 aliphatic rings. The van der Waals surface area contributed by atoms with Crippen molar-refractivity contribution in [3.05, 3.63) is 59.3 Å². The number of halogens is 1. The van der Waals surface area contributed by atoms with Crippen LogP contribution in [0.2, 0.25) is 0 Å². The largest absolute Gasteiger partial charge is 0.325 e. The first kappa shape index (κ1) is 22.2. The van der Waals surface area contributed by atoms with Crippen LogP contribution in [0.3, 0.4) is 0 Å². The van der Waals surface area contributed by atoms with Crippen LogP contribution in [0.25, 0.3) is 11.3 Å². The van der Waals surface area contributed by atoms with E-state index in [4.69, 9.17) is 5.10 Å². The van der Waals surface area contributed by atoms with E-state index in [9.17, 15) is 4.39 Å². The van der Waals surface area contributed by atoms with Crippen molar-refractivity contribution in [1.29, 1.82) is 0 Å². The van der Waals surface area contributed by atoms with Crippen LogP contribution < -0.4 is 15.8 Å². The van der Waals surface area contributed by atoms with Crippen molar-refractivity contribution >= 4 is 17.5 Å². The predicted molar refractivity (Wildman–Crippen MR) is 135 cm³/mol. The minimum atomic E-state index is -0.246. The molecule has 0 unspecified atom stereocenters. The molecule has 35 heavy (non-hydrogen) atoms. The second kappa shape index (κ2) is 9.05. The topological polar surface area (TPSA) is 74.1 Å². The Labute approximate surface area is 204 Å². The molecule has 1 fully saturated rings. The van der Waals surface area contributed by atoms with Crippen LogP contribution in [0.15, 0.2) is 47.9 Å². The number of nitrogens with one attached hydrogen (secondary N) is 2. The van der Waals surface area contributed by atoms with Crippen molar-refractivity contribution < 1.29 is 4.39 Å². The summed E-state index contributed by atoms with van der Waals surface area (Å²) in [6.45, 7) is 9.07. The maximum absolute atomic E-state index is 13.5. The van der Waals surface area contributed by atoms with Crippen molar-refractivity contribution in [2.75, 3.05) is 36.5 Å². The molecule has 4 heterocycles. The highest BCUT2D eigenvalue weighted by molar-refractivity contribution is 5.72. The third-order valence-corrected chi connectivity index (χ3v) is 7.02. The van der Waals surface area contributed by atoms with Gasteiger partial charge >= 0.3 is 0 Å². The molecular weight excluding hydrogens is 443 g/mol. The fourth-order valence-electron chi connectivity index (χ4n) is 5.02. The summed E-state index contributed by atoms with van der Waals surface area (Å²) in [4.78, 5) is 11.6. The Hall–Kier alpha value is -3.30. The van der Waals surface area contributed by atoms with E-state index in [1.165, 1.54) is 36.2 Å². The third kappa shape index (κ3) is 4.41. The van der Waals surface area contributed by atoms with Gasteiger partial charge < -0.3 is 5.32 Å². The quantitative estimate of drug-likeness (QED) is 0.506. The lowest BCUT2D eigenvalue weighted by molar-refractivity contribution is 0.336. The molecule has 8 nitrogen and oxygen atoms in total. The minimum Gasteiger partial charge on any atom is -0.325 e. The highest BCUT2D eigenvalue weighted by atomic mass is 19.1. The number of benzene rings is 1. The molecule has 0 radical (unpaired) electrons. The Balaban J connectivity index is 1.28. The van der Waals surface area contributed by atoms with Crippen molar-refractivity contribution in [3.8, 4) is 11.3 Å². The standard InChI is InChI=1S/C26H31FN8/c1-3-10-33-14-20-12-30-35(22(20)15-33)24-11-23(28-16-29-24)31-26-17(2)25(19-6-8-21(27)9-7-19)32-34(26)13-18-4-5-18/h6-9,11,16,18,30H,3-5,10,12-15H2,1-2H3,(H,28,29,31). The second-order valence-electron chi connectivity index (χ2n) is 9.77. The number of hydrogen-bond donors (Lipinski definition) is 2. The molecule has 0 amide bonds. The summed E-state index contributed by atoms with van der Waals surface area (Å²) >= 11 is 0. The van der Waals surface area contributed by atoms with Gasteiger partial charge in [-0.15, -0.1) is 0 Å². The average molecular weight is 475 g/mol. The summed E-state index contributed by atoms with van der Waals surface area (Å²) in [6.07, 6.45) is 5.22. The average Bonchev–Trinajstić information content (AvgIpc) is 3.34. The van der Waals surface area contributed by atoms with E-state index in [1.807, 2.05) is 10.7 Å².